The SMILES string of the molecule is COc1ccccc1CC1CC2(CNC2OC(=O)C(F)(F)F)C1. The lowest BCUT2D eigenvalue weighted by Gasteiger charge is -2.58. The third-order valence-corrected chi connectivity index (χ3v) is 4.74. The lowest BCUT2D eigenvalue weighted by atomic mass is 9.56. The van der Waals surface area contributed by atoms with E-state index in [1.54, 1.807) is 7.11 Å². The van der Waals surface area contributed by atoms with Gasteiger partial charge in [-0.2, -0.15) is 13.2 Å². The Morgan fingerprint density at radius 1 is 1.35 bits per heavy atom. The molecular weight excluding hydrogens is 311 g/mol. The summed E-state index contributed by atoms with van der Waals surface area (Å²) < 4.78 is 46.7. The van der Waals surface area contributed by atoms with E-state index in [1.807, 2.05) is 24.3 Å². The molecular formula is C16H18F3NO3. The number of halogens is 3. The van der Waals surface area contributed by atoms with E-state index < -0.39 is 18.4 Å². The number of carbonyl (C=O) groups is 1. The molecule has 1 spiro atoms. The first-order valence-corrected chi connectivity index (χ1v) is 7.47. The molecule has 1 aromatic rings. The molecule has 7 heteroatoms. The standard InChI is InChI=1S/C16H18F3NO3/c1-22-12-5-3-2-4-11(12)6-10-7-15(8-10)9-20-13(15)23-14(21)16(17,18)19/h2-5,10,13,20H,6-9H2,1H3. The van der Waals surface area contributed by atoms with Gasteiger partial charge in [0.1, 0.15) is 5.75 Å². The van der Waals surface area contributed by atoms with Crippen LogP contribution in [-0.2, 0) is 16.0 Å². The van der Waals surface area contributed by atoms with E-state index in [1.165, 1.54) is 0 Å². The maximum absolute atomic E-state index is 12.3. The first kappa shape index (κ1) is 16.1. The molecule has 1 atom stereocenters. The maximum atomic E-state index is 12.3. The van der Waals surface area contributed by atoms with Gasteiger partial charge < -0.3 is 9.47 Å². The summed E-state index contributed by atoms with van der Waals surface area (Å²) in [4.78, 5) is 10.9. The highest BCUT2D eigenvalue weighted by atomic mass is 19.4. The molecule has 0 amide bonds. The summed E-state index contributed by atoms with van der Waals surface area (Å²) >= 11 is 0. The number of ether oxygens (including phenoxy) is 2. The van der Waals surface area contributed by atoms with Crippen molar-refractivity contribution in [3.8, 4) is 5.75 Å². The molecule has 1 saturated heterocycles. The van der Waals surface area contributed by atoms with Gasteiger partial charge in [-0.25, -0.2) is 4.79 Å². The minimum Gasteiger partial charge on any atom is -0.496 e. The zero-order valence-electron chi connectivity index (χ0n) is 12.7. The minimum atomic E-state index is -4.95. The van der Waals surface area contributed by atoms with E-state index in [4.69, 9.17) is 4.74 Å². The number of alkyl halides is 3. The van der Waals surface area contributed by atoms with E-state index >= 15 is 0 Å². The molecule has 1 N–H and O–H groups in total. The third kappa shape index (κ3) is 3.02. The number of carbonyl (C=O) groups excluding carboxylic acids is 1. The van der Waals surface area contributed by atoms with Crippen LogP contribution in [0, 0.1) is 11.3 Å². The van der Waals surface area contributed by atoms with Crippen LogP contribution in [0.3, 0.4) is 0 Å². The number of hydrogen-bond donors (Lipinski definition) is 1. The zero-order valence-corrected chi connectivity index (χ0v) is 12.7. The van der Waals surface area contributed by atoms with Crippen LogP contribution in [0.15, 0.2) is 24.3 Å². The van der Waals surface area contributed by atoms with Gasteiger partial charge in [-0.15, -0.1) is 0 Å². The summed E-state index contributed by atoms with van der Waals surface area (Å²) in [6.07, 6.45) is -3.47. The van der Waals surface area contributed by atoms with Gasteiger partial charge in [0.2, 0.25) is 0 Å². The molecule has 1 unspecified atom stereocenters. The summed E-state index contributed by atoms with van der Waals surface area (Å²) in [6.45, 7) is 0.589. The van der Waals surface area contributed by atoms with Gasteiger partial charge in [-0.1, -0.05) is 18.2 Å². The number of esters is 1. The molecule has 1 aromatic carbocycles. The van der Waals surface area contributed by atoms with Gasteiger partial charge in [0.25, 0.3) is 0 Å². The Kier molecular flexibility index (Phi) is 4.00. The molecule has 3 rings (SSSR count). The van der Waals surface area contributed by atoms with Crippen LogP contribution in [0.5, 0.6) is 5.75 Å². The van der Waals surface area contributed by atoms with Gasteiger partial charge in [-0.05, 0) is 36.8 Å². The van der Waals surface area contributed by atoms with Crippen LogP contribution >= 0.6 is 0 Å². The molecule has 0 radical (unpaired) electrons. The monoisotopic (exact) mass is 329 g/mol. The van der Waals surface area contributed by atoms with E-state index in [2.05, 4.69) is 10.1 Å². The van der Waals surface area contributed by atoms with E-state index in [0.29, 0.717) is 12.5 Å². The molecule has 1 saturated carbocycles. The largest absolute Gasteiger partial charge is 0.496 e. The highest BCUT2D eigenvalue weighted by Crippen LogP contribution is 2.54. The van der Waals surface area contributed by atoms with Gasteiger partial charge in [0.05, 0.1) is 7.11 Å². The minimum absolute atomic E-state index is 0.340. The molecule has 2 fully saturated rings. The highest BCUT2D eigenvalue weighted by molar-refractivity contribution is 5.75. The number of para-hydroxylation sites is 1. The van der Waals surface area contributed by atoms with Gasteiger partial charge in [-0.3, -0.25) is 5.32 Å². The van der Waals surface area contributed by atoms with Crippen LogP contribution in [0.4, 0.5) is 13.2 Å². The fourth-order valence-corrected chi connectivity index (χ4v) is 3.59. The Morgan fingerprint density at radius 2 is 2.04 bits per heavy atom. The van der Waals surface area contributed by atoms with Crippen molar-refractivity contribution >= 4 is 5.97 Å². The Labute approximate surface area is 132 Å². The van der Waals surface area contributed by atoms with E-state index in [-0.39, 0.29) is 5.41 Å². The molecule has 23 heavy (non-hydrogen) atoms. The Morgan fingerprint density at radius 3 is 2.61 bits per heavy atom. The van der Waals surface area contributed by atoms with Crippen LogP contribution in [0.2, 0.25) is 0 Å². The second-order valence-corrected chi connectivity index (χ2v) is 6.32. The Balaban J connectivity index is 1.55. The van der Waals surface area contributed by atoms with Crippen molar-refractivity contribution in [2.24, 2.45) is 11.3 Å². The van der Waals surface area contributed by atoms with E-state index in [9.17, 15) is 18.0 Å². The fraction of sp³-hybridized carbons (Fsp3) is 0.562. The smallest absolute Gasteiger partial charge is 0.490 e. The molecule has 0 bridgehead atoms. The topological polar surface area (TPSA) is 47.6 Å². The number of nitrogens with one attached hydrogen (secondary N) is 1. The van der Waals surface area contributed by atoms with Crippen molar-refractivity contribution in [1.29, 1.82) is 0 Å². The van der Waals surface area contributed by atoms with Crippen molar-refractivity contribution in [1.82, 2.24) is 5.32 Å². The number of rotatable bonds is 4. The van der Waals surface area contributed by atoms with Crippen molar-refractivity contribution in [3.05, 3.63) is 29.8 Å². The maximum Gasteiger partial charge on any atom is 0.490 e. The quantitative estimate of drug-likeness (QED) is 0.863. The molecule has 1 heterocycles. The first-order valence-electron chi connectivity index (χ1n) is 7.47. The molecule has 2 aliphatic rings. The van der Waals surface area contributed by atoms with E-state index in [0.717, 1.165) is 30.6 Å². The summed E-state index contributed by atoms with van der Waals surface area (Å²) in [6, 6.07) is 7.71. The molecule has 1 aliphatic heterocycles. The average Bonchev–Trinajstić information content (AvgIpc) is 2.45. The van der Waals surface area contributed by atoms with Crippen LogP contribution in [0.1, 0.15) is 18.4 Å². The lowest BCUT2D eigenvalue weighted by molar-refractivity contribution is -0.233. The second kappa shape index (κ2) is 5.70. The number of benzene rings is 1. The Hall–Kier alpha value is -1.76. The molecule has 1 aliphatic carbocycles. The summed E-state index contributed by atoms with van der Waals surface area (Å²) in [5, 5.41) is 2.78. The second-order valence-electron chi connectivity index (χ2n) is 6.32. The number of methoxy groups -OCH3 is 1. The number of hydrogen-bond acceptors (Lipinski definition) is 4. The third-order valence-electron chi connectivity index (χ3n) is 4.74. The normalized spacial score (nSPS) is 29.6. The predicted octanol–water partition coefficient (Wildman–Crippen LogP) is 2.67. The predicted molar refractivity (Wildman–Crippen MR) is 75.8 cm³/mol. The molecule has 126 valence electrons. The van der Waals surface area contributed by atoms with Crippen molar-refractivity contribution in [2.75, 3.05) is 13.7 Å². The summed E-state index contributed by atoms with van der Waals surface area (Å²) in [5.74, 6) is -0.942. The van der Waals surface area contributed by atoms with Crippen LogP contribution in [-0.4, -0.2) is 32.0 Å². The first-order chi connectivity index (χ1) is 10.8. The highest BCUT2D eigenvalue weighted by Gasteiger charge is 2.58. The zero-order chi connectivity index (χ0) is 16.7. The fourth-order valence-electron chi connectivity index (χ4n) is 3.59. The summed E-state index contributed by atoms with van der Waals surface area (Å²) in [5.41, 5.74) is 0.749. The molecule has 4 nitrogen and oxygen atoms in total. The van der Waals surface area contributed by atoms with Gasteiger partial charge >= 0.3 is 12.1 Å². The molecule has 0 aromatic heterocycles. The average molecular weight is 329 g/mol. The van der Waals surface area contributed by atoms with Gasteiger partial charge in [0, 0.05) is 12.0 Å². The Bertz CT molecular complexity index is 596. The summed E-state index contributed by atoms with van der Waals surface area (Å²) in [7, 11) is 1.61. The van der Waals surface area contributed by atoms with Gasteiger partial charge in [0.15, 0.2) is 6.23 Å². The lowest BCUT2D eigenvalue weighted by Crippen LogP contribution is -2.69. The van der Waals surface area contributed by atoms with Crippen LogP contribution < -0.4 is 10.1 Å². The van der Waals surface area contributed by atoms with Crippen molar-refractivity contribution in [3.63, 3.8) is 0 Å². The van der Waals surface area contributed by atoms with Crippen molar-refractivity contribution < 1.29 is 27.4 Å². The van der Waals surface area contributed by atoms with Crippen LogP contribution in [0.25, 0.3) is 0 Å². The van der Waals surface area contributed by atoms with Crippen molar-refractivity contribution in [2.45, 2.75) is 31.7 Å².